The topological polar surface area (TPSA) is 0 Å². The Bertz CT molecular complexity index is 161. The molecule has 0 aliphatic heterocycles. The second-order valence-corrected chi connectivity index (χ2v) is 3.30. The van der Waals surface area contributed by atoms with Gasteiger partial charge in [-0.25, -0.2) is 0 Å². The molecule has 0 aromatic rings. The van der Waals surface area contributed by atoms with Gasteiger partial charge in [0.1, 0.15) is 0 Å². The van der Waals surface area contributed by atoms with Gasteiger partial charge in [0, 0.05) is 0 Å². The lowest BCUT2D eigenvalue weighted by molar-refractivity contribution is 0.858. The van der Waals surface area contributed by atoms with Gasteiger partial charge in [-0.1, -0.05) is 50.5 Å². The highest BCUT2D eigenvalue weighted by atomic mass is 14.0. The monoisotopic (exact) mass is 166 g/mol. The predicted octanol–water partition coefficient (Wildman–Crippen LogP) is 4.48. The summed E-state index contributed by atoms with van der Waals surface area (Å²) >= 11 is 0. The molecule has 0 aliphatic rings. The molecule has 0 aromatic heterocycles. The summed E-state index contributed by atoms with van der Waals surface area (Å²) in [7, 11) is 0. The van der Waals surface area contributed by atoms with Crippen molar-refractivity contribution in [3.63, 3.8) is 0 Å². The van der Waals surface area contributed by atoms with E-state index in [1.165, 1.54) is 31.3 Å². The maximum absolute atomic E-state index is 2.29. The minimum Gasteiger partial charge on any atom is -0.0736 e. The fraction of sp³-hybridized carbons (Fsp3) is 0.667. The molecule has 0 N–H and O–H groups in total. The second kappa shape index (κ2) is 7.15. The minimum atomic E-state index is 1.17. The Morgan fingerprint density at radius 3 is 2.08 bits per heavy atom. The van der Waals surface area contributed by atoms with Crippen LogP contribution in [0.15, 0.2) is 23.3 Å². The second-order valence-electron chi connectivity index (χ2n) is 3.30. The van der Waals surface area contributed by atoms with E-state index in [2.05, 4.69) is 39.8 Å². The summed E-state index contributed by atoms with van der Waals surface area (Å²) in [5, 5.41) is 0. The van der Waals surface area contributed by atoms with Crippen molar-refractivity contribution in [1.82, 2.24) is 0 Å². The summed E-state index contributed by atoms with van der Waals surface area (Å²) in [5.74, 6) is 0. The van der Waals surface area contributed by atoms with Gasteiger partial charge >= 0.3 is 0 Å². The molecule has 0 fully saturated rings. The fourth-order valence-corrected chi connectivity index (χ4v) is 1.08. The molecule has 0 heterocycles. The van der Waals surface area contributed by atoms with Crippen LogP contribution in [-0.2, 0) is 0 Å². The zero-order valence-corrected chi connectivity index (χ0v) is 8.98. The van der Waals surface area contributed by atoms with Crippen LogP contribution in [0.4, 0.5) is 0 Å². The fourth-order valence-electron chi connectivity index (χ4n) is 1.08. The third kappa shape index (κ3) is 5.17. The van der Waals surface area contributed by atoms with E-state index in [9.17, 15) is 0 Å². The minimum absolute atomic E-state index is 1.17. The first kappa shape index (κ1) is 11.5. The molecule has 0 aliphatic carbocycles. The van der Waals surface area contributed by atoms with E-state index < -0.39 is 0 Å². The molecular formula is C12H22. The van der Waals surface area contributed by atoms with Crippen molar-refractivity contribution in [3.8, 4) is 0 Å². The summed E-state index contributed by atoms with van der Waals surface area (Å²) in [6.45, 7) is 8.86. The highest BCUT2D eigenvalue weighted by Gasteiger charge is 1.89. The predicted molar refractivity (Wildman–Crippen MR) is 57.3 cm³/mol. The zero-order valence-electron chi connectivity index (χ0n) is 8.98. The molecule has 0 saturated heterocycles. The Hall–Kier alpha value is -0.520. The smallest absolute Gasteiger partial charge is 0.0320 e. The van der Waals surface area contributed by atoms with Crippen LogP contribution in [0.2, 0.25) is 0 Å². The average Bonchev–Trinajstić information content (AvgIpc) is 2.11. The van der Waals surface area contributed by atoms with Crippen LogP contribution in [0, 0.1) is 0 Å². The number of rotatable bonds is 5. The van der Waals surface area contributed by atoms with Crippen LogP contribution in [0.5, 0.6) is 0 Å². The zero-order chi connectivity index (χ0) is 9.40. The summed E-state index contributed by atoms with van der Waals surface area (Å²) in [6.07, 6.45) is 9.43. The first-order valence-electron chi connectivity index (χ1n) is 5.09. The van der Waals surface area contributed by atoms with Crippen LogP contribution in [0.3, 0.4) is 0 Å². The molecular weight excluding hydrogens is 144 g/mol. The molecule has 0 nitrogen and oxygen atoms in total. The Morgan fingerprint density at radius 2 is 1.67 bits per heavy atom. The van der Waals surface area contributed by atoms with Gasteiger partial charge in [0.15, 0.2) is 0 Å². The van der Waals surface area contributed by atoms with Crippen molar-refractivity contribution in [2.24, 2.45) is 0 Å². The molecule has 0 atom stereocenters. The van der Waals surface area contributed by atoms with E-state index in [1.54, 1.807) is 5.57 Å². The highest BCUT2D eigenvalue weighted by molar-refractivity contribution is 5.16. The molecule has 0 rings (SSSR count). The molecule has 0 saturated carbocycles. The number of hydrogen-bond donors (Lipinski definition) is 0. The van der Waals surface area contributed by atoms with Crippen LogP contribution in [-0.4, -0.2) is 0 Å². The molecule has 0 aromatic carbocycles. The van der Waals surface area contributed by atoms with Crippen LogP contribution in [0.1, 0.15) is 53.4 Å². The van der Waals surface area contributed by atoms with Gasteiger partial charge in [-0.3, -0.25) is 0 Å². The van der Waals surface area contributed by atoms with E-state index in [0.717, 1.165) is 0 Å². The maximum atomic E-state index is 2.29. The van der Waals surface area contributed by atoms with Crippen molar-refractivity contribution < 1.29 is 0 Å². The Kier molecular flexibility index (Phi) is 6.84. The van der Waals surface area contributed by atoms with Crippen LogP contribution < -0.4 is 0 Å². The molecule has 0 spiro atoms. The van der Waals surface area contributed by atoms with Gasteiger partial charge in [-0.15, -0.1) is 0 Å². The van der Waals surface area contributed by atoms with Crippen molar-refractivity contribution >= 4 is 0 Å². The molecule has 12 heavy (non-hydrogen) atoms. The lowest BCUT2D eigenvalue weighted by Crippen LogP contribution is -1.79. The van der Waals surface area contributed by atoms with Crippen LogP contribution in [0.25, 0.3) is 0 Å². The van der Waals surface area contributed by atoms with Crippen molar-refractivity contribution in [1.29, 1.82) is 0 Å². The maximum Gasteiger partial charge on any atom is -0.0320 e. The van der Waals surface area contributed by atoms with E-state index in [1.807, 2.05) is 0 Å². The summed E-state index contributed by atoms with van der Waals surface area (Å²) in [5.41, 5.74) is 3.04. The molecule has 70 valence electrons. The third-order valence-electron chi connectivity index (χ3n) is 2.19. The van der Waals surface area contributed by atoms with Gasteiger partial charge in [0.2, 0.25) is 0 Å². The standard InChI is InChI=1S/C12H22/c1-5-8-12(7-3)10-9-11(4)6-2/h9-10H,5-8H2,1-4H3/b11-9-,12-10+. The molecule has 0 heteroatoms. The summed E-state index contributed by atoms with van der Waals surface area (Å²) in [6, 6.07) is 0. The van der Waals surface area contributed by atoms with Crippen molar-refractivity contribution in [2.45, 2.75) is 53.4 Å². The Morgan fingerprint density at radius 1 is 1.00 bits per heavy atom. The van der Waals surface area contributed by atoms with E-state index in [0.29, 0.717) is 0 Å². The van der Waals surface area contributed by atoms with Crippen molar-refractivity contribution in [2.75, 3.05) is 0 Å². The van der Waals surface area contributed by atoms with Gasteiger partial charge in [-0.05, 0) is 26.2 Å². The van der Waals surface area contributed by atoms with Gasteiger partial charge in [-0.2, -0.15) is 0 Å². The number of hydrogen-bond acceptors (Lipinski definition) is 0. The van der Waals surface area contributed by atoms with E-state index in [4.69, 9.17) is 0 Å². The largest absolute Gasteiger partial charge is 0.0736 e. The van der Waals surface area contributed by atoms with Crippen LogP contribution >= 0.6 is 0 Å². The third-order valence-corrected chi connectivity index (χ3v) is 2.19. The summed E-state index contributed by atoms with van der Waals surface area (Å²) in [4.78, 5) is 0. The SMILES string of the molecule is CCC/C(=C/C=C(/C)CC)CC. The highest BCUT2D eigenvalue weighted by Crippen LogP contribution is 2.10. The molecule has 0 radical (unpaired) electrons. The molecule has 0 unspecified atom stereocenters. The Balaban J connectivity index is 4.09. The number of allylic oxidation sites excluding steroid dienone is 4. The van der Waals surface area contributed by atoms with Crippen molar-refractivity contribution in [3.05, 3.63) is 23.3 Å². The first-order valence-corrected chi connectivity index (χ1v) is 5.09. The lowest BCUT2D eigenvalue weighted by Gasteiger charge is -2.00. The molecule has 0 amide bonds. The average molecular weight is 166 g/mol. The summed E-state index contributed by atoms with van der Waals surface area (Å²) < 4.78 is 0. The normalized spacial score (nSPS) is 13.7. The molecule has 0 bridgehead atoms. The van der Waals surface area contributed by atoms with E-state index >= 15 is 0 Å². The first-order chi connectivity index (χ1) is 5.74. The van der Waals surface area contributed by atoms with E-state index in [-0.39, 0.29) is 0 Å². The van der Waals surface area contributed by atoms with Gasteiger partial charge < -0.3 is 0 Å². The Labute approximate surface area is 77.4 Å². The van der Waals surface area contributed by atoms with Gasteiger partial charge in [0.05, 0.1) is 0 Å². The lowest BCUT2D eigenvalue weighted by atomic mass is 10.1. The quantitative estimate of drug-likeness (QED) is 0.528. The van der Waals surface area contributed by atoms with Gasteiger partial charge in [0.25, 0.3) is 0 Å².